The number of rotatable bonds is 1. The van der Waals surface area contributed by atoms with Gasteiger partial charge >= 0.3 is 0 Å². The number of hydrogen-bond acceptors (Lipinski definition) is 1. The number of nitrogens with one attached hydrogen (secondary N) is 1. The fraction of sp³-hybridized carbons (Fsp3) is 1.00. The van der Waals surface area contributed by atoms with E-state index in [2.05, 4.69) is 19.2 Å². The van der Waals surface area contributed by atoms with Gasteiger partial charge in [0.05, 0.1) is 0 Å². The van der Waals surface area contributed by atoms with E-state index in [1.54, 1.807) is 0 Å². The highest BCUT2D eigenvalue weighted by Crippen LogP contribution is 2.35. The minimum absolute atomic E-state index is 0.904. The average Bonchev–Trinajstić information content (AvgIpc) is 2.51. The number of hydrogen-bond donors (Lipinski definition) is 1. The second-order valence-electron chi connectivity index (χ2n) is 5.69. The molecule has 1 N–H and O–H groups in total. The fourth-order valence-electron chi connectivity index (χ4n) is 3.34. The van der Waals surface area contributed by atoms with Crippen LogP contribution in [0, 0.1) is 23.7 Å². The molecule has 2 fully saturated rings. The molecule has 1 aliphatic heterocycles. The van der Waals surface area contributed by atoms with Crippen molar-refractivity contribution in [1.29, 1.82) is 0 Å². The maximum atomic E-state index is 3.56. The molecule has 1 saturated carbocycles. The van der Waals surface area contributed by atoms with Crippen LogP contribution in [0.15, 0.2) is 0 Å². The molecule has 0 spiro atoms. The molecule has 0 radical (unpaired) electrons. The highest BCUT2D eigenvalue weighted by Gasteiger charge is 2.29. The van der Waals surface area contributed by atoms with Crippen molar-refractivity contribution in [2.24, 2.45) is 23.7 Å². The Morgan fingerprint density at radius 1 is 0.929 bits per heavy atom. The van der Waals surface area contributed by atoms with Crippen molar-refractivity contribution < 1.29 is 0 Å². The standard InChI is InChI=1S/C13H25N/c1-10(2)11-4-3-5-12-8-14-9-13(12)7-6-11/h10-14H,3-9H2,1-2H3/t11?,12?,13-/m1/s1. The third-order valence-electron chi connectivity index (χ3n) is 4.48. The summed E-state index contributed by atoms with van der Waals surface area (Å²) in [5.74, 6) is 3.94. The Hall–Kier alpha value is -0.0400. The summed E-state index contributed by atoms with van der Waals surface area (Å²) in [6.07, 6.45) is 7.43. The summed E-state index contributed by atoms with van der Waals surface area (Å²) in [5.41, 5.74) is 0. The molecule has 2 unspecified atom stereocenters. The minimum Gasteiger partial charge on any atom is -0.316 e. The largest absolute Gasteiger partial charge is 0.316 e. The molecule has 0 amide bonds. The predicted octanol–water partition coefficient (Wildman–Crippen LogP) is 3.06. The first kappa shape index (κ1) is 10.5. The lowest BCUT2D eigenvalue weighted by Crippen LogP contribution is -2.20. The first-order valence-corrected chi connectivity index (χ1v) is 6.48. The van der Waals surface area contributed by atoms with Gasteiger partial charge in [-0.25, -0.2) is 0 Å². The van der Waals surface area contributed by atoms with Crippen LogP contribution in [0.3, 0.4) is 0 Å². The normalized spacial score (nSPS) is 39.2. The predicted molar refractivity (Wildman–Crippen MR) is 61.3 cm³/mol. The molecule has 0 aromatic carbocycles. The van der Waals surface area contributed by atoms with Crippen LogP contribution in [0.2, 0.25) is 0 Å². The average molecular weight is 195 g/mol. The molecular weight excluding hydrogens is 170 g/mol. The van der Waals surface area contributed by atoms with E-state index in [9.17, 15) is 0 Å². The summed E-state index contributed by atoms with van der Waals surface area (Å²) >= 11 is 0. The Bertz CT molecular complexity index is 174. The van der Waals surface area contributed by atoms with E-state index in [0.717, 1.165) is 23.7 Å². The molecule has 82 valence electrons. The van der Waals surface area contributed by atoms with Crippen molar-refractivity contribution in [3.63, 3.8) is 0 Å². The van der Waals surface area contributed by atoms with E-state index in [0.29, 0.717) is 0 Å². The highest BCUT2D eigenvalue weighted by molar-refractivity contribution is 4.84. The SMILES string of the molecule is CC(C)C1CCCC2CNC[C@H]2CC1. The topological polar surface area (TPSA) is 12.0 Å². The third-order valence-corrected chi connectivity index (χ3v) is 4.48. The van der Waals surface area contributed by atoms with Gasteiger partial charge in [0.15, 0.2) is 0 Å². The van der Waals surface area contributed by atoms with Crippen molar-refractivity contribution in [2.45, 2.75) is 46.0 Å². The maximum Gasteiger partial charge on any atom is -0.00173 e. The summed E-state index contributed by atoms with van der Waals surface area (Å²) in [5, 5.41) is 3.56. The minimum atomic E-state index is 0.904. The zero-order chi connectivity index (χ0) is 9.97. The molecule has 3 atom stereocenters. The quantitative estimate of drug-likeness (QED) is 0.678. The van der Waals surface area contributed by atoms with Crippen LogP contribution in [-0.4, -0.2) is 13.1 Å². The van der Waals surface area contributed by atoms with Crippen molar-refractivity contribution in [1.82, 2.24) is 5.32 Å². The Morgan fingerprint density at radius 3 is 2.36 bits per heavy atom. The van der Waals surface area contributed by atoms with Gasteiger partial charge in [0.1, 0.15) is 0 Å². The van der Waals surface area contributed by atoms with Gasteiger partial charge in [-0.3, -0.25) is 0 Å². The van der Waals surface area contributed by atoms with Gasteiger partial charge in [0.25, 0.3) is 0 Å². The van der Waals surface area contributed by atoms with E-state index in [-0.39, 0.29) is 0 Å². The molecule has 2 rings (SSSR count). The molecule has 0 aromatic heterocycles. The van der Waals surface area contributed by atoms with Gasteiger partial charge in [0, 0.05) is 0 Å². The van der Waals surface area contributed by atoms with Crippen molar-refractivity contribution in [3.8, 4) is 0 Å². The van der Waals surface area contributed by atoms with Gasteiger partial charge in [-0.05, 0) is 56.0 Å². The van der Waals surface area contributed by atoms with E-state index >= 15 is 0 Å². The summed E-state index contributed by atoms with van der Waals surface area (Å²) in [7, 11) is 0. The van der Waals surface area contributed by atoms with Crippen LogP contribution in [0.4, 0.5) is 0 Å². The van der Waals surface area contributed by atoms with Crippen LogP contribution in [0.5, 0.6) is 0 Å². The zero-order valence-corrected chi connectivity index (χ0v) is 9.76. The lowest BCUT2D eigenvalue weighted by molar-refractivity contribution is 0.236. The first-order chi connectivity index (χ1) is 6.77. The molecule has 1 saturated heterocycles. The van der Waals surface area contributed by atoms with Crippen LogP contribution in [-0.2, 0) is 0 Å². The molecule has 14 heavy (non-hydrogen) atoms. The van der Waals surface area contributed by atoms with Gasteiger partial charge in [0.2, 0.25) is 0 Å². The van der Waals surface area contributed by atoms with Crippen LogP contribution in [0.25, 0.3) is 0 Å². The Labute approximate surface area is 88.7 Å². The first-order valence-electron chi connectivity index (χ1n) is 6.48. The van der Waals surface area contributed by atoms with Crippen molar-refractivity contribution in [3.05, 3.63) is 0 Å². The smallest absolute Gasteiger partial charge is 0.00173 e. The zero-order valence-electron chi connectivity index (χ0n) is 9.76. The van der Waals surface area contributed by atoms with Crippen LogP contribution >= 0.6 is 0 Å². The summed E-state index contributed by atoms with van der Waals surface area (Å²) in [6.45, 7) is 7.40. The summed E-state index contributed by atoms with van der Waals surface area (Å²) in [4.78, 5) is 0. The van der Waals surface area contributed by atoms with Gasteiger partial charge < -0.3 is 5.32 Å². The van der Waals surface area contributed by atoms with E-state index in [1.165, 1.54) is 45.2 Å². The van der Waals surface area contributed by atoms with Crippen molar-refractivity contribution >= 4 is 0 Å². The van der Waals surface area contributed by atoms with E-state index in [4.69, 9.17) is 0 Å². The fourth-order valence-corrected chi connectivity index (χ4v) is 3.34. The molecule has 2 aliphatic rings. The summed E-state index contributed by atoms with van der Waals surface area (Å²) in [6, 6.07) is 0. The third kappa shape index (κ3) is 2.31. The second kappa shape index (κ2) is 4.65. The molecule has 1 heteroatoms. The molecule has 1 heterocycles. The second-order valence-corrected chi connectivity index (χ2v) is 5.69. The van der Waals surface area contributed by atoms with Gasteiger partial charge in [-0.2, -0.15) is 0 Å². The summed E-state index contributed by atoms with van der Waals surface area (Å²) < 4.78 is 0. The highest BCUT2D eigenvalue weighted by atomic mass is 14.9. The molecule has 1 nitrogen and oxygen atoms in total. The van der Waals surface area contributed by atoms with E-state index in [1.807, 2.05) is 0 Å². The Morgan fingerprint density at radius 2 is 1.64 bits per heavy atom. The maximum absolute atomic E-state index is 3.56. The molecule has 0 bridgehead atoms. The van der Waals surface area contributed by atoms with E-state index < -0.39 is 0 Å². The monoisotopic (exact) mass is 195 g/mol. The Balaban J connectivity index is 1.89. The lowest BCUT2D eigenvalue weighted by Gasteiger charge is -2.28. The van der Waals surface area contributed by atoms with Crippen LogP contribution in [0.1, 0.15) is 46.0 Å². The lowest BCUT2D eigenvalue weighted by atomic mass is 9.77. The molecular formula is C13H25N. The van der Waals surface area contributed by atoms with Crippen molar-refractivity contribution in [2.75, 3.05) is 13.1 Å². The molecule has 1 aliphatic carbocycles. The van der Waals surface area contributed by atoms with Gasteiger partial charge in [-0.1, -0.05) is 26.7 Å². The van der Waals surface area contributed by atoms with Gasteiger partial charge in [-0.15, -0.1) is 0 Å². The molecule has 0 aromatic rings. The Kier molecular flexibility index (Phi) is 3.48. The number of fused-ring (bicyclic) bond motifs is 1. The van der Waals surface area contributed by atoms with Crippen LogP contribution < -0.4 is 5.32 Å².